The highest BCUT2D eigenvalue weighted by atomic mass is 32.2. The zero-order valence-electron chi connectivity index (χ0n) is 11.9. The summed E-state index contributed by atoms with van der Waals surface area (Å²) in [5.74, 6) is 0.937. The molecule has 1 atom stereocenters. The molecule has 0 bridgehead atoms. The third-order valence-corrected chi connectivity index (χ3v) is 5.49. The number of aliphatic imine (C=N–C) groups is 1. The van der Waals surface area contributed by atoms with Crippen LogP contribution < -0.4 is 5.32 Å². The molecule has 1 saturated heterocycles. The van der Waals surface area contributed by atoms with E-state index >= 15 is 0 Å². The van der Waals surface area contributed by atoms with Crippen molar-refractivity contribution < 1.29 is 4.39 Å². The Balaban J connectivity index is 1.70. The van der Waals surface area contributed by atoms with Gasteiger partial charge in [0.25, 0.3) is 0 Å². The molecule has 1 aromatic rings. The van der Waals surface area contributed by atoms with E-state index < -0.39 is 0 Å². The van der Waals surface area contributed by atoms with E-state index in [0.29, 0.717) is 0 Å². The zero-order valence-corrected chi connectivity index (χ0v) is 12.7. The van der Waals surface area contributed by atoms with E-state index in [-0.39, 0.29) is 17.4 Å². The minimum Gasteiger partial charge on any atom is -0.359 e. The predicted octanol–water partition coefficient (Wildman–Crippen LogP) is 4.28. The average Bonchev–Trinajstić information content (AvgIpc) is 2.82. The summed E-state index contributed by atoms with van der Waals surface area (Å²) in [6.45, 7) is 2.02. The Labute approximate surface area is 124 Å². The third-order valence-electron chi connectivity index (χ3n) is 4.31. The monoisotopic (exact) mass is 292 g/mol. The van der Waals surface area contributed by atoms with Gasteiger partial charge in [-0.15, -0.1) is 0 Å². The van der Waals surface area contributed by atoms with Crippen molar-refractivity contribution in [2.75, 3.05) is 5.75 Å². The standard InChI is InChI=1S/C16H21FN2S/c1-12(13-6-5-7-14(17)10-13)18-15-19-16(11-20-15)8-3-2-4-9-16/h5-7,10,12H,2-4,8-9,11H2,1H3,(H,18,19). The number of thioether (sulfide) groups is 1. The topological polar surface area (TPSA) is 24.4 Å². The Kier molecular flexibility index (Phi) is 4.01. The van der Waals surface area contributed by atoms with Crippen molar-refractivity contribution in [2.24, 2.45) is 4.99 Å². The number of amidine groups is 1. The van der Waals surface area contributed by atoms with Crippen molar-refractivity contribution in [3.63, 3.8) is 0 Å². The first kappa shape index (κ1) is 13.9. The molecule has 1 aliphatic heterocycles. The molecule has 1 N–H and O–H groups in total. The number of nitrogens with one attached hydrogen (secondary N) is 1. The summed E-state index contributed by atoms with van der Waals surface area (Å²) in [5, 5.41) is 4.67. The van der Waals surface area contributed by atoms with Crippen molar-refractivity contribution in [1.82, 2.24) is 5.32 Å². The Morgan fingerprint density at radius 1 is 1.30 bits per heavy atom. The van der Waals surface area contributed by atoms with Crippen LogP contribution in [0.3, 0.4) is 0 Å². The van der Waals surface area contributed by atoms with Gasteiger partial charge in [-0.3, -0.25) is 4.99 Å². The van der Waals surface area contributed by atoms with Gasteiger partial charge in [0, 0.05) is 11.3 Å². The SMILES string of the molecule is CC(N=C1NC2(CCCCC2)CS1)c1cccc(F)c1. The highest BCUT2D eigenvalue weighted by Crippen LogP contribution is 2.36. The summed E-state index contributed by atoms with van der Waals surface area (Å²) in [4.78, 5) is 4.74. The molecule has 2 fully saturated rings. The van der Waals surface area contributed by atoms with Gasteiger partial charge in [0.15, 0.2) is 5.17 Å². The molecule has 2 aliphatic rings. The molecule has 1 aliphatic carbocycles. The highest BCUT2D eigenvalue weighted by Gasteiger charge is 2.38. The van der Waals surface area contributed by atoms with E-state index in [1.54, 1.807) is 12.1 Å². The van der Waals surface area contributed by atoms with Gasteiger partial charge in [-0.05, 0) is 37.5 Å². The summed E-state index contributed by atoms with van der Waals surface area (Å²) >= 11 is 1.82. The fraction of sp³-hybridized carbons (Fsp3) is 0.562. The van der Waals surface area contributed by atoms with Crippen LogP contribution in [0.2, 0.25) is 0 Å². The molecule has 0 aromatic heterocycles. The fourth-order valence-electron chi connectivity index (χ4n) is 3.09. The van der Waals surface area contributed by atoms with E-state index in [9.17, 15) is 4.39 Å². The van der Waals surface area contributed by atoms with Gasteiger partial charge in [-0.25, -0.2) is 4.39 Å². The van der Waals surface area contributed by atoms with E-state index in [2.05, 4.69) is 5.32 Å². The number of benzene rings is 1. The quantitative estimate of drug-likeness (QED) is 0.879. The lowest BCUT2D eigenvalue weighted by Gasteiger charge is -2.32. The van der Waals surface area contributed by atoms with Crippen LogP contribution in [0.4, 0.5) is 4.39 Å². The van der Waals surface area contributed by atoms with Crippen molar-refractivity contribution in [3.05, 3.63) is 35.6 Å². The Morgan fingerprint density at radius 3 is 2.85 bits per heavy atom. The van der Waals surface area contributed by atoms with Crippen LogP contribution in [-0.4, -0.2) is 16.5 Å². The van der Waals surface area contributed by atoms with Gasteiger partial charge >= 0.3 is 0 Å². The first-order valence-corrected chi connectivity index (χ1v) is 8.40. The number of hydrogen-bond acceptors (Lipinski definition) is 2. The fourth-order valence-corrected chi connectivity index (χ4v) is 4.38. The Bertz CT molecular complexity index is 509. The molecule has 1 aromatic carbocycles. The summed E-state index contributed by atoms with van der Waals surface area (Å²) in [7, 11) is 0. The maximum atomic E-state index is 13.3. The van der Waals surface area contributed by atoms with E-state index in [1.807, 2.05) is 24.8 Å². The van der Waals surface area contributed by atoms with E-state index in [4.69, 9.17) is 4.99 Å². The summed E-state index contributed by atoms with van der Waals surface area (Å²) in [6, 6.07) is 6.74. The molecule has 1 heterocycles. The van der Waals surface area contributed by atoms with Gasteiger partial charge in [0.2, 0.25) is 0 Å². The first-order chi connectivity index (χ1) is 9.67. The minimum atomic E-state index is -0.190. The lowest BCUT2D eigenvalue weighted by Crippen LogP contribution is -2.45. The lowest BCUT2D eigenvalue weighted by atomic mass is 9.83. The lowest BCUT2D eigenvalue weighted by molar-refractivity contribution is 0.303. The Hall–Kier alpha value is -1.03. The number of nitrogens with zero attached hydrogens (tertiary/aromatic N) is 1. The van der Waals surface area contributed by atoms with Gasteiger partial charge < -0.3 is 5.32 Å². The molecule has 1 unspecified atom stereocenters. The third kappa shape index (κ3) is 3.00. The van der Waals surface area contributed by atoms with Crippen molar-refractivity contribution in [1.29, 1.82) is 0 Å². The van der Waals surface area contributed by atoms with Crippen LogP contribution in [0.5, 0.6) is 0 Å². The summed E-state index contributed by atoms with van der Waals surface area (Å²) in [5.41, 5.74) is 1.22. The molecule has 1 saturated carbocycles. The molecule has 20 heavy (non-hydrogen) atoms. The number of hydrogen-bond donors (Lipinski definition) is 1. The van der Waals surface area contributed by atoms with Crippen molar-refractivity contribution in [3.8, 4) is 0 Å². The number of halogens is 1. The average molecular weight is 292 g/mol. The summed E-state index contributed by atoms with van der Waals surface area (Å²) < 4.78 is 13.3. The zero-order chi connectivity index (χ0) is 14.0. The second kappa shape index (κ2) is 5.76. The van der Waals surface area contributed by atoms with Crippen LogP contribution in [0.15, 0.2) is 29.3 Å². The van der Waals surface area contributed by atoms with Crippen molar-refractivity contribution in [2.45, 2.75) is 50.6 Å². The normalized spacial score (nSPS) is 24.8. The second-order valence-electron chi connectivity index (χ2n) is 5.92. The molecule has 3 rings (SSSR count). The largest absolute Gasteiger partial charge is 0.359 e. The molecule has 0 amide bonds. The predicted molar refractivity (Wildman–Crippen MR) is 83.7 cm³/mol. The molecule has 108 valence electrons. The van der Waals surface area contributed by atoms with Gasteiger partial charge in [0.1, 0.15) is 5.82 Å². The molecular formula is C16H21FN2S. The maximum Gasteiger partial charge on any atom is 0.157 e. The highest BCUT2D eigenvalue weighted by molar-refractivity contribution is 8.14. The maximum absolute atomic E-state index is 13.3. The van der Waals surface area contributed by atoms with Crippen LogP contribution in [0, 0.1) is 5.82 Å². The van der Waals surface area contributed by atoms with E-state index in [1.165, 1.54) is 38.2 Å². The molecule has 1 spiro atoms. The second-order valence-corrected chi connectivity index (χ2v) is 6.88. The van der Waals surface area contributed by atoms with E-state index in [0.717, 1.165) is 16.5 Å². The first-order valence-electron chi connectivity index (χ1n) is 7.41. The molecule has 4 heteroatoms. The molecular weight excluding hydrogens is 271 g/mol. The molecule has 2 nitrogen and oxygen atoms in total. The molecule has 0 radical (unpaired) electrons. The van der Waals surface area contributed by atoms with Crippen LogP contribution in [0.1, 0.15) is 50.6 Å². The summed E-state index contributed by atoms with van der Waals surface area (Å²) in [6.07, 6.45) is 6.52. The van der Waals surface area contributed by atoms with Crippen LogP contribution >= 0.6 is 11.8 Å². The van der Waals surface area contributed by atoms with Gasteiger partial charge in [-0.2, -0.15) is 0 Å². The van der Waals surface area contributed by atoms with Crippen LogP contribution in [-0.2, 0) is 0 Å². The van der Waals surface area contributed by atoms with Gasteiger partial charge in [-0.1, -0.05) is 43.2 Å². The smallest absolute Gasteiger partial charge is 0.157 e. The minimum absolute atomic E-state index is 0.000518. The van der Waals surface area contributed by atoms with Gasteiger partial charge in [0.05, 0.1) is 6.04 Å². The Morgan fingerprint density at radius 2 is 2.10 bits per heavy atom. The number of rotatable bonds is 2. The van der Waals surface area contributed by atoms with Crippen molar-refractivity contribution >= 4 is 16.9 Å². The van der Waals surface area contributed by atoms with Crippen LogP contribution in [0.25, 0.3) is 0 Å².